The molecule has 0 saturated carbocycles. The highest BCUT2D eigenvalue weighted by Crippen LogP contribution is 2.26. The highest BCUT2D eigenvalue weighted by Gasteiger charge is 2.16. The van der Waals surface area contributed by atoms with E-state index in [0.29, 0.717) is 12.1 Å². The molecule has 1 fully saturated rings. The maximum absolute atomic E-state index is 6.16. The predicted octanol–water partition coefficient (Wildman–Crippen LogP) is 3.28. The third kappa shape index (κ3) is 4.12. The van der Waals surface area contributed by atoms with Crippen LogP contribution < -0.4 is 10.6 Å². The number of ether oxygens (including phenoxy) is 1. The molecule has 1 aromatic rings. The fraction of sp³-hybridized carbons (Fsp3) is 0.538. The lowest BCUT2D eigenvalue weighted by Crippen LogP contribution is -2.43. The first-order valence-corrected chi connectivity index (χ1v) is 7.35. The fourth-order valence-corrected chi connectivity index (χ4v) is 2.66. The molecule has 2 unspecified atom stereocenters. The summed E-state index contributed by atoms with van der Waals surface area (Å²) in [5.74, 6) is 0. The number of hydrogen-bond acceptors (Lipinski definition) is 3. The third-order valence-corrected chi connectivity index (χ3v) is 3.79. The van der Waals surface area contributed by atoms with Crippen LogP contribution in [0, 0.1) is 0 Å². The Kier molecular flexibility index (Phi) is 5.30. The van der Waals surface area contributed by atoms with Crippen LogP contribution in [-0.4, -0.2) is 31.8 Å². The number of anilines is 1. The van der Waals surface area contributed by atoms with Gasteiger partial charge in [0.05, 0.1) is 23.9 Å². The topological polar surface area (TPSA) is 33.3 Å². The van der Waals surface area contributed by atoms with E-state index >= 15 is 0 Å². The number of nitrogens with one attached hydrogen (secondary N) is 2. The van der Waals surface area contributed by atoms with Gasteiger partial charge in [0.15, 0.2) is 0 Å². The second kappa shape index (κ2) is 6.75. The van der Waals surface area contributed by atoms with Crippen LogP contribution >= 0.6 is 27.5 Å². The van der Waals surface area contributed by atoms with E-state index in [4.69, 9.17) is 16.3 Å². The number of rotatable bonds is 4. The van der Waals surface area contributed by atoms with E-state index in [-0.39, 0.29) is 0 Å². The van der Waals surface area contributed by atoms with Crippen molar-refractivity contribution in [3.05, 3.63) is 27.7 Å². The molecule has 0 radical (unpaired) electrons. The third-order valence-electron chi connectivity index (χ3n) is 2.97. The minimum Gasteiger partial charge on any atom is -0.381 e. The average molecular weight is 334 g/mol. The first-order chi connectivity index (χ1) is 8.65. The van der Waals surface area contributed by atoms with Crippen molar-refractivity contribution in [1.29, 1.82) is 0 Å². The van der Waals surface area contributed by atoms with Gasteiger partial charge in [-0.25, -0.2) is 0 Å². The number of halogens is 2. The molecule has 100 valence electrons. The van der Waals surface area contributed by atoms with Gasteiger partial charge in [-0.1, -0.05) is 27.5 Å². The van der Waals surface area contributed by atoms with Crippen molar-refractivity contribution in [2.75, 3.05) is 25.1 Å². The summed E-state index contributed by atoms with van der Waals surface area (Å²) < 4.78 is 6.48. The summed E-state index contributed by atoms with van der Waals surface area (Å²) >= 11 is 9.61. The Morgan fingerprint density at radius 1 is 1.61 bits per heavy atom. The Morgan fingerprint density at radius 3 is 3.17 bits per heavy atom. The maximum Gasteiger partial charge on any atom is 0.0638 e. The van der Waals surface area contributed by atoms with Gasteiger partial charge in [-0.3, -0.25) is 0 Å². The first kappa shape index (κ1) is 14.1. The van der Waals surface area contributed by atoms with Crippen LogP contribution in [0.5, 0.6) is 0 Å². The highest BCUT2D eigenvalue weighted by molar-refractivity contribution is 9.10. The Morgan fingerprint density at radius 2 is 2.44 bits per heavy atom. The van der Waals surface area contributed by atoms with Crippen LogP contribution in [0.3, 0.4) is 0 Å². The van der Waals surface area contributed by atoms with Gasteiger partial charge in [-0.15, -0.1) is 0 Å². The zero-order chi connectivity index (χ0) is 13.0. The lowest BCUT2D eigenvalue weighted by atomic mass is 10.1. The molecule has 2 rings (SSSR count). The predicted molar refractivity (Wildman–Crippen MR) is 79.5 cm³/mol. The van der Waals surface area contributed by atoms with Crippen molar-refractivity contribution in [1.82, 2.24) is 5.32 Å². The van der Waals surface area contributed by atoms with Gasteiger partial charge < -0.3 is 15.4 Å². The molecule has 1 aliphatic rings. The minimum atomic E-state index is 0.344. The molecule has 18 heavy (non-hydrogen) atoms. The monoisotopic (exact) mass is 332 g/mol. The van der Waals surface area contributed by atoms with E-state index in [1.165, 1.54) is 0 Å². The van der Waals surface area contributed by atoms with Crippen LogP contribution in [0.4, 0.5) is 5.69 Å². The van der Waals surface area contributed by atoms with Gasteiger partial charge in [0, 0.05) is 23.1 Å². The average Bonchev–Trinajstić information content (AvgIpc) is 2.35. The quantitative estimate of drug-likeness (QED) is 0.887. The van der Waals surface area contributed by atoms with Crippen molar-refractivity contribution in [2.45, 2.75) is 25.4 Å². The second-order valence-corrected chi connectivity index (χ2v) is 5.95. The molecule has 1 aliphatic heterocycles. The summed E-state index contributed by atoms with van der Waals surface area (Å²) in [5.41, 5.74) is 0.968. The smallest absolute Gasteiger partial charge is 0.0638 e. The Hall–Kier alpha value is -0.290. The molecule has 5 heteroatoms. The van der Waals surface area contributed by atoms with Crippen LogP contribution in [0.1, 0.15) is 13.3 Å². The van der Waals surface area contributed by atoms with Crippen molar-refractivity contribution in [3.63, 3.8) is 0 Å². The van der Waals surface area contributed by atoms with E-state index in [1.807, 2.05) is 18.2 Å². The SMILES string of the molecule is CC(CC1COCCN1)Nc1cc(Br)ccc1Cl. The Balaban J connectivity index is 1.89. The van der Waals surface area contributed by atoms with E-state index in [1.54, 1.807) is 0 Å². The van der Waals surface area contributed by atoms with Gasteiger partial charge >= 0.3 is 0 Å². The van der Waals surface area contributed by atoms with Gasteiger partial charge in [0.25, 0.3) is 0 Å². The van der Waals surface area contributed by atoms with Gasteiger partial charge in [0.2, 0.25) is 0 Å². The van der Waals surface area contributed by atoms with Gasteiger partial charge in [-0.2, -0.15) is 0 Å². The summed E-state index contributed by atoms with van der Waals surface area (Å²) in [6.45, 7) is 4.70. The summed E-state index contributed by atoms with van der Waals surface area (Å²) in [7, 11) is 0. The number of benzene rings is 1. The van der Waals surface area contributed by atoms with Crippen LogP contribution in [-0.2, 0) is 4.74 Å². The van der Waals surface area contributed by atoms with E-state index in [0.717, 1.165) is 41.4 Å². The molecule has 1 saturated heterocycles. The molecule has 2 N–H and O–H groups in total. The van der Waals surface area contributed by atoms with Crippen molar-refractivity contribution in [3.8, 4) is 0 Å². The normalized spacial score (nSPS) is 21.6. The molecule has 0 aliphatic carbocycles. The summed E-state index contributed by atoms with van der Waals surface area (Å²) in [6, 6.07) is 6.60. The molecule has 0 amide bonds. The van der Waals surface area contributed by atoms with Crippen LogP contribution in [0.2, 0.25) is 5.02 Å². The minimum absolute atomic E-state index is 0.344. The molecular weight excluding hydrogens is 316 g/mol. The zero-order valence-corrected chi connectivity index (χ0v) is 12.7. The molecule has 1 aromatic carbocycles. The van der Waals surface area contributed by atoms with Crippen molar-refractivity contribution >= 4 is 33.2 Å². The summed E-state index contributed by atoms with van der Waals surface area (Å²) in [5, 5.41) is 7.64. The van der Waals surface area contributed by atoms with E-state index in [2.05, 4.69) is 33.5 Å². The van der Waals surface area contributed by atoms with Crippen molar-refractivity contribution < 1.29 is 4.74 Å². The first-order valence-electron chi connectivity index (χ1n) is 6.18. The second-order valence-electron chi connectivity index (χ2n) is 4.63. The molecule has 3 nitrogen and oxygen atoms in total. The van der Waals surface area contributed by atoms with E-state index < -0.39 is 0 Å². The zero-order valence-electron chi connectivity index (χ0n) is 10.4. The molecule has 0 bridgehead atoms. The largest absolute Gasteiger partial charge is 0.381 e. The van der Waals surface area contributed by atoms with Gasteiger partial charge in [0.1, 0.15) is 0 Å². The fourth-order valence-electron chi connectivity index (χ4n) is 2.13. The lowest BCUT2D eigenvalue weighted by molar-refractivity contribution is 0.0731. The molecule has 1 heterocycles. The standard InChI is InChI=1S/C13H18BrClN2O/c1-9(6-11-8-18-5-4-16-11)17-13-7-10(14)2-3-12(13)15/h2-3,7,9,11,16-17H,4-6,8H2,1H3. The summed E-state index contributed by atoms with van der Waals surface area (Å²) in [6.07, 6.45) is 1.02. The Bertz CT molecular complexity index is 397. The molecule has 2 atom stereocenters. The summed E-state index contributed by atoms with van der Waals surface area (Å²) in [4.78, 5) is 0. The Labute approximate surface area is 121 Å². The lowest BCUT2D eigenvalue weighted by Gasteiger charge is -2.27. The number of hydrogen-bond donors (Lipinski definition) is 2. The van der Waals surface area contributed by atoms with Gasteiger partial charge in [-0.05, 0) is 31.5 Å². The van der Waals surface area contributed by atoms with Crippen LogP contribution in [0.25, 0.3) is 0 Å². The maximum atomic E-state index is 6.16. The number of morpholine rings is 1. The van der Waals surface area contributed by atoms with E-state index in [9.17, 15) is 0 Å². The van der Waals surface area contributed by atoms with Crippen LogP contribution in [0.15, 0.2) is 22.7 Å². The molecule has 0 aromatic heterocycles. The van der Waals surface area contributed by atoms with Crippen molar-refractivity contribution in [2.24, 2.45) is 0 Å². The molecular formula is C13H18BrClN2O. The highest BCUT2D eigenvalue weighted by atomic mass is 79.9. The molecule has 0 spiro atoms.